The summed E-state index contributed by atoms with van der Waals surface area (Å²) in [7, 11) is -3.34. The molecule has 2 aromatic heterocycles. The van der Waals surface area contributed by atoms with Gasteiger partial charge < -0.3 is 19.6 Å². The average Bonchev–Trinajstić information content (AvgIpc) is 3.32. The number of sulfone groups is 1. The summed E-state index contributed by atoms with van der Waals surface area (Å²) in [6.45, 7) is 1.54. The Balaban J connectivity index is 0.000000316. The van der Waals surface area contributed by atoms with Crippen LogP contribution in [0.5, 0.6) is 0 Å². The van der Waals surface area contributed by atoms with Gasteiger partial charge in [0, 0.05) is 12.2 Å². The summed E-state index contributed by atoms with van der Waals surface area (Å²) >= 11 is 6.34. The summed E-state index contributed by atoms with van der Waals surface area (Å²) in [5, 5.41) is 8.54. The first-order valence-electron chi connectivity index (χ1n) is 12.7. The summed E-state index contributed by atoms with van der Waals surface area (Å²) in [4.78, 5) is 21.5. The molecule has 3 N–H and O–H groups in total. The van der Waals surface area contributed by atoms with Gasteiger partial charge in [-0.15, -0.1) is 12.8 Å². The maximum Gasteiger partial charge on any atom is 0.325 e. The number of aliphatic hydroxyl groups excluding tert-OH is 1. The van der Waals surface area contributed by atoms with Crippen molar-refractivity contribution in [1.29, 1.82) is 0 Å². The number of aliphatic hydroxyl groups is 1. The molecule has 2 saturated heterocycles. The Morgan fingerprint density at radius 1 is 0.975 bits per heavy atom. The zero-order valence-corrected chi connectivity index (χ0v) is 23.2. The molecule has 9 nitrogen and oxygen atoms in total. The van der Waals surface area contributed by atoms with Gasteiger partial charge in [-0.25, -0.2) is 18.2 Å². The number of terminal acetylenes is 1. The Kier molecular flexibility index (Phi) is 9.79. The summed E-state index contributed by atoms with van der Waals surface area (Å²) < 4.78 is 35.1. The van der Waals surface area contributed by atoms with Gasteiger partial charge >= 0.3 is 5.69 Å². The van der Waals surface area contributed by atoms with Crippen LogP contribution in [0.1, 0.15) is 19.3 Å². The lowest BCUT2D eigenvalue weighted by Crippen LogP contribution is -2.40. The molecule has 1 atom stereocenters. The molecule has 0 bridgehead atoms. The predicted octanol–water partition coefficient (Wildman–Crippen LogP) is 4.21. The standard InChI is InChI=1S/C21H16ClN3O4S.C6H12O2.C2H2/c22-17-9-18-20(25-21(26)23-18)24-19(17)14-3-1-12(2-4-14)13-5-7-15(8-6-13)30(27,28)16-10-29-11-16;7-5-6-3-1-2-4-8-6;1-2/h1-9,16H,10-11H2,(H2,23,24,25,26);6-7H,1-5H2;1-2H/t;6-;/m.0./s1. The van der Waals surface area contributed by atoms with Crippen molar-refractivity contribution >= 4 is 32.6 Å². The van der Waals surface area contributed by atoms with E-state index >= 15 is 0 Å². The molecule has 2 aliphatic heterocycles. The Labute approximate surface area is 237 Å². The van der Waals surface area contributed by atoms with E-state index in [1.165, 1.54) is 6.42 Å². The number of imidazole rings is 1. The molecule has 210 valence electrons. The molecule has 2 aliphatic rings. The number of hydrogen-bond acceptors (Lipinski definition) is 7. The minimum atomic E-state index is -3.34. The lowest BCUT2D eigenvalue weighted by molar-refractivity contribution is -0.0172. The monoisotopic (exact) mass is 583 g/mol. The number of benzene rings is 2. The number of rotatable bonds is 5. The van der Waals surface area contributed by atoms with Crippen LogP contribution in [-0.2, 0) is 19.3 Å². The molecular formula is C29H30ClN3O6S. The van der Waals surface area contributed by atoms with Crippen molar-refractivity contribution in [2.45, 2.75) is 35.5 Å². The van der Waals surface area contributed by atoms with E-state index < -0.39 is 15.1 Å². The predicted molar refractivity (Wildman–Crippen MR) is 155 cm³/mol. The normalized spacial score (nSPS) is 17.1. The number of ether oxygens (including phenoxy) is 2. The largest absolute Gasteiger partial charge is 0.394 e. The van der Waals surface area contributed by atoms with E-state index in [4.69, 9.17) is 26.2 Å². The maximum atomic E-state index is 12.5. The molecule has 11 heteroatoms. The van der Waals surface area contributed by atoms with Crippen LogP contribution in [0.25, 0.3) is 33.5 Å². The summed E-state index contributed by atoms with van der Waals surface area (Å²) in [6.07, 6.45) is 11.6. The maximum absolute atomic E-state index is 12.5. The fraction of sp³-hybridized carbons (Fsp3) is 0.310. The van der Waals surface area contributed by atoms with Crippen molar-refractivity contribution in [2.24, 2.45) is 0 Å². The number of fused-ring (bicyclic) bond motifs is 1. The van der Waals surface area contributed by atoms with Crippen LogP contribution in [0.4, 0.5) is 0 Å². The van der Waals surface area contributed by atoms with E-state index in [1.807, 2.05) is 24.3 Å². The number of pyridine rings is 1. The quantitative estimate of drug-likeness (QED) is 0.300. The van der Waals surface area contributed by atoms with E-state index in [2.05, 4.69) is 27.8 Å². The smallest absolute Gasteiger partial charge is 0.325 e. The van der Waals surface area contributed by atoms with Crippen LogP contribution in [0.3, 0.4) is 0 Å². The zero-order chi connectivity index (χ0) is 28.7. The van der Waals surface area contributed by atoms with Crippen LogP contribution < -0.4 is 5.69 Å². The van der Waals surface area contributed by atoms with Gasteiger partial charge in [-0.05, 0) is 48.6 Å². The van der Waals surface area contributed by atoms with Crippen LogP contribution >= 0.6 is 11.6 Å². The van der Waals surface area contributed by atoms with Crippen molar-refractivity contribution in [3.05, 3.63) is 70.1 Å². The summed E-state index contributed by atoms with van der Waals surface area (Å²) in [5.74, 6) is 0. The molecule has 2 fully saturated rings. The molecule has 0 saturated carbocycles. The van der Waals surface area contributed by atoms with Gasteiger partial charge in [-0.2, -0.15) is 0 Å². The number of H-pyrrole nitrogens is 2. The van der Waals surface area contributed by atoms with Crippen molar-refractivity contribution in [3.63, 3.8) is 0 Å². The van der Waals surface area contributed by atoms with Crippen LogP contribution in [0, 0.1) is 12.8 Å². The molecule has 40 heavy (non-hydrogen) atoms. The second kappa shape index (κ2) is 13.3. The number of aromatic amines is 2. The van der Waals surface area contributed by atoms with Crippen LogP contribution in [0.2, 0.25) is 5.02 Å². The Bertz CT molecular complexity index is 1600. The number of halogens is 1. The SMILES string of the molecule is C#C.O=c1[nH]c2cc(Cl)c(-c3ccc(-c4ccc(S(=O)(=O)C5COC5)cc4)cc3)nc2[nH]1.OC[C@@H]1CCCCO1. The molecule has 0 amide bonds. The van der Waals surface area contributed by atoms with E-state index in [9.17, 15) is 13.2 Å². The minimum absolute atomic E-state index is 0.142. The number of hydrogen-bond donors (Lipinski definition) is 3. The Hall–Kier alpha value is -3.46. The van der Waals surface area contributed by atoms with Crippen LogP contribution in [-0.4, -0.2) is 66.3 Å². The first-order valence-corrected chi connectivity index (χ1v) is 14.6. The summed E-state index contributed by atoms with van der Waals surface area (Å²) in [6, 6.07) is 16.1. The molecule has 0 unspecified atom stereocenters. The van der Waals surface area contributed by atoms with Crippen molar-refractivity contribution in [3.8, 4) is 35.2 Å². The third-order valence-electron chi connectivity index (χ3n) is 6.65. The van der Waals surface area contributed by atoms with E-state index in [0.29, 0.717) is 26.8 Å². The fourth-order valence-corrected chi connectivity index (χ4v) is 6.05. The first kappa shape index (κ1) is 29.5. The number of nitrogens with one attached hydrogen (secondary N) is 2. The van der Waals surface area contributed by atoms with Gasteiger partial charge in [0.15, 0.2) is 15.5 Å². The van der Waals surface area contributed by atoms with Gasteiger partial charge in [-0.1, -0.05) is 48.0 Å². The van der Waals surface area contributed by atoms with Crippen molar-refractivity contribution < 1.29 is 23.0 Å². The molecule has 0 spiro atoms. The lowest BCUT2D eigenvalue weighted by atomic mass is 10.0. The minimum Gasteiger partial charge on any atom is -0.394 e. The van der Waals surface area contributed by atoms with Gasteiger partial charge in [0.25, 0.3) is 0 Å². The second-order valence-corrected chi connectivity index (χ2v) is 11.9. The molecule has 0 aliphatic carbocycles. The van der Waals surface area contributed by atoms with Crippen molar-refractivity contribution in [2.75, 3.05) is 26.4 Å². The highest BCUT2D eigenvalue weighted by molar-refractivity contribution is 7.92. The van der Waals surface area contributed by atoms with E-state index in [1.54, 1.807) is 30.3 Å². The molecule has 6 rings (SSSR count). The molecular weight excluding hydrogens is 554 g/mol. The molecule has 4 aromatic rings. The highest BCUT2D eigenvalue weighted by Gasteiger charge is 2.33. The van der Waals surface area contributed by atoms with E-state index in [-0.39, 0.29) is 31.6 Å². The van der Waals surface area contributed by atoms with E-state index in [0.717, 1.165) is 36.1 Å². The second-order valence-electron chi connectivity index (χ2n) is 9.27. The molecule has 2 aromatic carbocycles. The zero-order valence-electron chi connectivity index (χ0n) is 21.7. The lowest BCUT2D eigenvalue weighted by Gasteiger charge is -2.25. The van der Waals surface area contributed by atoms with Gasteiger partial charge in [0.2, 0.25) is 0 Å². The Morgan fingerprint density at radius 3 is 2.12 bits per heavy atom. The van der Waals surface area contributed by atoms with Gasteiger partial charge in [-0.3, -0.25) is 4.98 Å². The van der Waals surface area contributed by atoms with Crippen LogP contribution in [0.15, 0.2) is 64.3 Å². The number of aromatic nitrogens is 3. The average molecular weight is 584 g/mol. The first-order chi connectivity index (χ1) is 19.3. The van der Waals surface area contributed by atoms with Gasteiger partial charge in [0.05, 0.1) is 47.1 Å². The molecule has 0 radical (unpaired) electrons. The number of nitrogens with zero attached hydrogens (tertiary/aromatic N) is 1. The third-order valence-corrected chi connectivity index (χ3v) is 9.02. The highest BCUT2D eigenvalue weighted by atomic mass is 35.5. The molecule has 4 heterocycles. The third kappa shape index (κ3) is 6.63. The highest BCUT2D eigenvalue weighted by Crippen LogP contribution is 2.31. The fourth-order valence-electron chi connectivity index (χ4n) is 4.34. The van der Waals surface area contributed by atoms with Crippen molar-refractivity contribution in [1.82, 2.24) is 15.0 Å². The topological polar surface area (TPSA) is 134 Å². The summed E-state index contributed by atoms with van der Waals surface area (Å²) in [5.41, 5.74) is 3.85. The Morgan fingerprint density at radius 2 is 1.60 bits per heavy atom. The van der Waals surface area contributed by atoms with Gasteiger partial charge in [0.1, 0.15) is 5.25 Å².